The topological polar surface area (TPSA) is 74.6 Å². The Hall–Kier alpha value is -3.06. The van der Waals surface area contributed by atoms with Crippen LogP contribution in [0.1, 0.15) is 5.69 Å². The molecule has 0 atom stereocenters. The van der Waals surface area contributed by atoms with Gasteiger partial charge in [0.15, 0.2) is 0 Å². The molecule has 1 aromatic heterocycles. The van der Waals surface area contributed by atoms with Gasteiger partial charge in [-0.3, -0.25) is 0 Å². The van der Waals surface area contributed by atoms with Crippen molar-refractivity contribution < 1.29 is 22.7 Å². The maximum Gasteiger partial charge on any atom is 0.330 e. The number of rotatable bonds is 5. The minimum absolute atomic E-state index is 0.118. The van der Waals surface area contributed by atoms with Crippen LogP contribution < -0.4 is 4.74 Å². The number of aromatic nitrogens is 1. The van der Waals surface area contributed by atoms with Crippen LogP contribution in [0.2, 0.25) is 0 Å². The predicted molar refractivity (Wildman–Crippen MR) is 98.6 cm³/mol. The lowest BCUT2D eigenvalue weighted by molar-refractivity contribution is -0.134. The number of para-hydroxylation sites is 1. The number of benzene rings is 2. The first-order valence-corrected chi connectivity index (χ1v) is 9.17. The number of ether oxygens (including phenoxy) is 2. The molecule has 2 aromatic carbocycles. The van der Waals surface area contributed by atoms with E-state index in [9.17, 15) is 13.2 Å². The number of hydrogen-bond acceptors (Lipinski definition) is 5. The standard InChI is InChI=1S/C19H17NO5S/c1-24-16-8-10-17(11-9-16)26(22,23)20-15(7-12-19(21)25-2)13-14-5-3-4-6-18(14)20/h3-13H,1-2H3/b12-7+. The zero-order valence-electron chi connectivity index (χ0n) is 14.2. The fraction of sp³-hybridized carbons (Fsp3) is 0.105. The Morgan fingerprint density at radius 1 is 1.04 bits per heavy atom. The van der Waals surface area contributed by atoms with Crippen LogP contribution in [0.5, 0.6) is 5.75 Å². The molecule has 0 N–H and O–H groups in total. The Morgan fingerprint density at radius 2 is 1.73 bits per heavy atom. The van der Waals surface area contributed by atoms with Gasteiger partial charge in [-0.25, -0.2) is 17.2 Å². The van der Waals surface area contributed by atoms with E-state index >= 15 is 0 Å². The first-order chi connectivity index (χ1) is 12.5. The third-order valence-corrected chi connectivity index (χ3v) is 5.64. The first-order valence-electron chi connectivity index (χ1n) is 7.73. The van der Waals surface area contributed by atoms with Crippen molar-refractivity contribution in [3.63, 3.8) is 0 Å². The summed E-state index contributed by atoms with van der Waals surface area (Å²) in [5, 5.41) is 0.745. The van der Waals surface area contributed by atoms with Gasteiger partial charge >= 0.3 is 5.97 Å². The first kappa shape index (κ1) is 17.8. The van der Waals surface area contributed by atoms with Crippen molar-refractivity contribution in [3.8, 4) is 5.75 Å². The second-order valence-electron chi connectivity index (χ2n) is 5.43. The van der Waals surface area contributed by atoms with Gasteiger partial charge in [0.25, 0.3) is 10.0 Å². The molecule has 0 bridgehead atoms. The quantitative estimate of drug-likeness (QED) is 0.509. The van der Waals surface area contributed by atoms with Gasteiger partial charge in [0.1, 0.15) is 5.75 Å². The van der Waals surface area contributed by atoms with Gasteiger partial charge in [-0.2, -0.15) is 0 Å². The van der Waals surface area contributed by atoms with Crippen LogP contribution in [-0.4, -0.2) is 32.6 Å². The molecule has 6 nitrogen and oxygen atoms in total. The molecule has 0 unspecified atom stereocenters. The number of nitrogens with zero attached hydrogens (tertiary/aromatic N) is 1. The summed E-state index contributed by atoms with van der Waals surface area (Å²) in [4.78, 5) is 11.5. The van der Waals surface area contributed by atoms with Crippen molar-refractivity contribution in [1.82, 2.24) is 3.97 Å². The summed E-state index contributed by atoms with van der Waals surface area (Å²) in [5.41, 5.74) is 0.875. The van der Waals surface area contributed by atoms with E-state index in [0.29, 0.717) is 17.0 Å². The maximum atomic E-state index is 13.2. The highest BCUT2D eigenvalue weighted by molar-refractivity contribution is 7.90. The fourth-order valence-electron chi connectivity index (χ4n) is 2.61. The van der Waals surface area contributed by atoms with Crippen molar-refractivity contribution in [2.24, 2.45) is 0 Å². The van der Waals surface area contributed by atoms with Crippen molar-refractivity contribution in [3.05, 3.63) is 66.4 Å². The van der Waals surface area contributed by atoms with Crippen LogP contribution in [0.4, 0.5) is 0 Å². The Kier molecular flexibility index (Phi) is 4.81. The number of esters is 1. The van der Waals surface area contributed by atoms with Gasteiger partial charge in [-0.15, -0.1) is 0 Å². The normalized spacial score (nSPS) is 11.8. The van der Waals surface area contributed by atoms with Gasteiger partial charge < -0.3 is 9.47 Å². The zero-order chi connectivity index (χ0) is 18.7. The van der Waals surface area contributed by atoms with E-state index in [0.717, 1.165) is 5.39 Å². The van der Waals surface area contributed by atoms with E-state index in [4.69, 9.17) is 4.74 Å². The van der Waals surface area contributed by atoms with E-state index in [1.165, 1.54) is 42.5 Å². The third kappa shape index (κ3) is 3.21. The Morgan fingerprint density at radius 3 is 2.38 bits per heavy atom. The second kappa shape index (κ2) is 7.05. The molecule has 0 aliphatic rings. The van der Waals surface area contributed by atoms with Crippen molar-refractivity contribution in [2.75, 3.05) is 14.2 Å². The summed E-state index contributed by atoms with van der Waals surface area (Å²) >= 11 is 0. The van der Waals surface area contributed by atoms with E-state index < -0.39 is 16.0 Å². The van der Waals surface area contributed by atoms with Gasteiger partial charge in [-0.1, -0.05) is 18.2 Å². The maximum absolute atomic E-state index is 13.2. The number of hydrogen-bond donors (Lipinski definition) is 0. The number of methoxy groups -OCH3 is 2. The fourth-order valence-corrected chi connectivity index (χ4v) is 4.12. The van der Waals surface area contributed by atoms with Gasteiger partial charge in [0.05, 0.1) is 30.3 Å². The molecular weight excluding hydrogens is 354 g/mol. The van der Waals surface area contributed by atoms with Crippen LogP contribution in [0.25, 0.3) is 17.0 Å². The summed E-state index contributed by atoms with van der Waals surface area (Å²) in [6.07, 6.45) is 2.61. The summed E-state index contributed by atoms with van der Waals surface area (Å²) in [7, 11) is -1.10. The Labute approximate surface area is 151 Å². The highest BCUT2D eigenvalue weighted by Gasteiger charge is 2.22. The second-order valence-corrected chi connectivity index (χ2v) is 7.22. The number of carbonyl (C=O) groups excluding carboxylic acids is 1. The molecule has 0 saturated heterocycles. The van der Waals surface area contributed by atoms with Crippen LogP contribution in [0, 0.1) is 0 Å². The van der Waals surface area contributed by atoms with Gasteiger partial charge in [0, 0.05) is 11.5 Å². The van der Waals surface area contributed by atoms with Crippen LogP contribution in [0.3, 0.4) is 0 Å². The smallest absolute Gasteiger partial charge is 0.330 e. The molecule has 0 amide bonds. The van der Waals surface area contributed by atoms with Crippen molar-refractivity contribution >= 4 is 33.0 Å². The van der Waals surface area contributed by atoms with E-state index in [2.05, 4.69) is 4.74 Å². The van der Waals surface area contributed by atoms with E-state index in [1.807, 2.05) is 12.1 Å². The zero-order valence-corrected chi connectivity index (χ0v) is 15.1. The average Bonchev–Trinajstić information content (AvgIpc) is 3.05. The average molecular weight is 371 g/mol. The molecule has 0 saturated carbocycles. The minimum Gasteiger partial charge on any atom is -0.497 e. The van der Waals surface area contributed by atoms with Gasteiger partial charge in [0.2, 0.25) is 0 Å². The molecule has 3 aromatic rings. The monoisotopic (exact) mass is 371 g/mol. The Bertz CT molecular complexity index is 1080. The Balaban J connectivity index is 2.20. The molecule has 7 heteroatoms. The lowest BCUT2D eigenvalue weighted by atomic mass is 10.2. The molecule has 0 radical (unpaired) electrons. The molecule has 134 valence electrons. The third-order valence-electron chi connectivity index (χ3n) is 3.88. The molecule has 3 rings (SSSR count). The molecule has 26 heavy (non-hydrogen) atoms. The van der Waals surface area contributed by atoms with E-state index in [-0.39, 0.29) is 4.90 Å². The molecule has 1 heterocycles. The van der Waals surface area contributed by atoms with E-state index in [1.54, 1.807) is 30.3 Å². The lowest BCUT2D eigenvalue weighted by Crippen LogP contribution is -2.14. The molecule has 0 aliphatic heterocycles. The molecule has 0 spiro atoms. The predicted octanol–water partition coefficient (Wildman–Crippen LogP) is 3.07. The van der Waals surface area contributed by atoms with Crippen LogP contribution >= 0.6 is 0 Å². The SMILES string of the molecule is COC(=O)/C=C/c1cc2ccccc2n1S(=O)(=O)c1ccc(OC)cc1. The van der Waals surface area contributed by atoms with Crippen LogP contribution in [0.15, 0.2) is 65.6 Å². The highest BCUT2D eigenvalue weighted by Crippen LogP contribution is 2.27. The van der Waals surface area contributed by atoms with Crippen molar-refractivity contribution in [2.45, 2.75) is 4.90 Å². The summed E-state index contributed by atoms with van der Waals surface area (Å²) in [5.74, 6) is -0.00391. The van der Waals surface area contributed by atoms with Crippen LogP contribution in [-0.2, 0) is 19.6 Å². The molecule has 0 fully saturated rings. The lowest BCUT2D eigenvalue weighted by Gasteiger charge is -2.11. The molecule has 0 aliphatic carbocycles. The highest BCUT2D eigenvalue weighted by atomic mass is 32.2. The minimum atomic E-state index is -3.87. The van der Waals surface area contributed by atoms with Crippen molar-refractivity contribution in [1.29, 1.82) is 0 Å². The largest absolute Gasteiger partial charge is 0.497 e. The number of carbonyl (C=O) groups is 1. The summed E-state index contributed by atoms with van der Waals surface area (Å²) in [6.45, 7) is 0. The number of fused-ring (bicyclic) bond motifs is 1. The molecular formula is C19H17NO5S. The summed E-state index contributed by atoms with van der Waals surface area (Å²) < 4.78 is 37.3. The van der Waals surface area contributed by atoms with Gasteiger partial charge in [-0.05, 0) is 42.5 Å². The summed E-state index contributed by atoms with van der Waals surface area (Å²) in [6, 6.07) is 14.9.